The van der Waals surface area contributed by atoms with Crippen LogP contribution in [0.3, 0.4) is 0 Å². The largest absolute Gasteiger partial charge is 0.467 e. The first-order valence-corrected chi connectivity index (χ1v) is 7.08. The Morgan fingerprint density at radius 2 is 2.12 bits per heavy atom. The maximum Gasteiger partial charge on any atom is 0.278 e. The van der Waals surface area contributed by atoms with Crippen LogP contribution >= 0.6 is 0 Å². The number of rotatable bonds is 5. The number of nitriles is 1. The van der Waals surface area contributed by atoms with Crippen LogP contribution in [0.4, 0.5) is 4.39 Å². The molecule has 0 unspecified atom stereocenters. The molecular weight excluding hydrogens is 311 g/mol. The summed E-state index contributed by atoms with van der Waals surface area (Å²) in [7, 11) is 0. The van der Waals surface area contributed by atoms with Crippen LogP contribution in [-0.4, -0.2) is 23.7 Å². The van der Waals surface area contributed by atoms with Gasteiger partial charge in [0.2, 0.25) is 5.88 Å². The maximum atomic E-state index is 12.8. The third-order valence-corrected chi connectivity index (χ3v) is 3.04. The Bertz CT molecular complexity index is 811. The topological polar surface area (TPSA) is 87.4 Å². The smallest absolute Gasteiger partial charge is 0.278 e. The van der Waals surface area contributed by atoms with Crippen molar-refractivity contribution in [1.82, 2.24) is 10.4 Å². The van der Waals surface area contributed by atoms with Crippen LogP contribution in [-0.2, 0) is 4.79 Å². The van der Waals surface area contributed by atoms with Crippen LogP contribution in [0.2, 0.25) is 0 Å². The molecule has 6 nitrogen and oxygen atoms in total. The second-order valence-corrected chi connectivity index (χ2v) is 5.01. The molecule has 1 heterocycles. The van der Waals surface area contributed by atoms with Crippen molar-refractivity contribution in [2.24, 2.45) is 5.10 Å². The number of benzene rings is 1. The molecule has 0 aliphatic rings. The third kappa shape index (κ3) is 4.61. The van der Waals surface area contributed by atoms with Gasteiger partial charge in [0, 0.05) is 5.69 Å². The lowest BCUT2D eigenvalue weighted by molar-refractivity contribution is -0.123. The molecule has 1 aromatic heterocycles. The van der Waals surface area contributed by atoms with E-state index in [4.69, 9.17) is 10.00 Å². The van der Waals surface area contributed by atoms with Crippen LogP contribution in [0.25, 0.3) is 0 Å². The molecule has 0 bridgehead atoms. The van der Waals surface area contributed by atoms with E-state index >= 15 is 0 Å². The number of hydrogen-bond donors (Lipinski definition) is 1. The van der Waals surface area contributed by atoms with Gasteiger partial charge in [-0.25, -0.2) is 14.8 Å². The molecule has 2 rings (SSSR count). The van der Waals surface area contributed by atoms with Gasteiger partial charge in [-0.3, -0.25) is 4.79 Å². The van der Waals surface area contributed by atoms with Crippen LogP contribution in [0.15, 0.2) is 35.4 Å². The number of carbonyl (C=O) groups is 1. The van der Waals surface area contributed by atoms with Gasteiger partial charge in [0.25, 0.3) is 5.91 Å². The Morgan fingerprint density at radius 1 is 1.42 bits per heavy atom. The molecule has 122 valence electrons. The van der Waals surface area contributed by atoms with Crippen LogP contribution in [0.5, 0.6) is 5.88 Å². The van der Waals surface area contributed by atoms with Gasteiger partial charge in [-0.1, -0.05) is 12.1 Å². The van der Waals surface area contributed by atoms with Gasteiger partial charge in [0.05, 0.1) is 6.21 Å². The van der Waals surface area contributed by atoms with E-state index in [1.54, 1.807) is 19.9 Å². The molecule has 2 aromatic rings. The summed E-state index contributed by atoms with van der Waals surface area (Å²) < 4.78 is 18.1. The first-order chi connectivity index (χ1) is 11.5. The number of halogens is 1. The molecule has 0 spiro atoms. The minimum atomic E-state index is -0.502. The summed E-state index contributed by atoms with van der Waals surface area (Å²) >= 11 is 0. The predicted octanol–water partition coefficient (Wildman–Crippen LogP) is 2.24. The number of aromatic nitrogens is 1. The fourth-order valence-corrected chi connectivity index (χ4v) is 1.94. The lowest BCUT2D eigenvalue weighted by atomic mass is 10.1. The van der Waals surface area contributed by atoms with E-state index in [2.05, 4.69) is 15.5 Å². The van der Waals surface area contributed by atoms with Crippen molar-refractivity contribution in [3.63, 3.8) is 0 Å². The molecule has 0 fully saturated rings. The number of nitrogens with one attached hydrogen (secondary N) is 1. The Balaban J connectivity index is 1.92. The number of ether oxygens (including phenoxy) is 1. The average molecular weight is 326 g/mol. The molecule has 0 aliphatic heterocycles. The average Bonchev–Trinajstić information content (AvgIpc) is 2.54. The van der Waals surface area contributed by atoms with Gasteiger partial charge >= 0.3 is 0 Å². The molecule has 1 N–H and O–H groups in total. The SMILES string of the molecule is Cc1cc(C)c(C#N)c(OCC(=O)N/N=C/c2ccc(F)cc2)n1. The summed E-state index contributed by atoms with van der Waals surface area (Å²) in [6.07, 6.45) is 1.38. The zero-order chi connectivity index (χ0) is 17.5. The highest BCUT2D eigenvalue weighted by Crippen LogP contribution is 2.19. The summed E-state index contributed by atoms with van der Waals surface area (Å²) in [5.74, 6) is -0.732. The second-order valence-electron chi connectivity index (χ2n) is 5.01. The first-order valence-electron chi connectivity index (χ1n) is 7.08. The Labute approximate surface area is 138 Å². The molecule has 0 saturated carbocycles. The van der Waals surface area contributed by atoms with Gasteiger partial charge in [0.1, 0.15) is 17.4 Å². The summed E-state index contributed by atoms with van der Waals surface area (Å²) in [6, 6.07) is 9.41. The fourth-order valence-electron chi connectivity index (χ4n) is 1.94. The second kappa shape index (κ2) is 7.83. The van der Waals surface area contributed by atoms with Crippen molar-refractivity contribution in [3.05, 3.63) is 58.5 Å². The summed E-state index contributed by atoms with van der Waals surface area (Å²) in [4.78, 5) is 15.8. The molecule has 24 heavy (non-hydrogen) atoms. The van der Waals surface area contributed by atoms with Crippen LogP contribution < -0.4 is 10.2 Å². The third-order valence-electron chi connectivity index (χ3n) is 3.04. The van der Waals surface area contributed by atoms with Crippen molar-refractivity contribution in [1.29, 1.82) is 5.26 Å². The van der Waals surface area contributed by atoms with E-state index in [9.17, 15) is 9.18 Å². The number of aryl methyl sites for hydroxylation is 2. The number of nitrogens with zero attached hydrogens (tertiary/aromatic N) is 3. The van der Waals surface area contributed by atoms with Crippen molar-refractivity contribution in [2.75, 3.05) is 6.61 Å². The van der Waals surface area contributed by atoms with Crippen molar-refractivity contribution in [2.45, 2.75) is 13.8 Å². The van der Waals surface area contributed by atoms with Gasteiger partial charge in [-0.2, -0.15) is 10.4 Å². The monoisotopic (exact) mass is 326 g/mol. The lowest BCUT2D eigenvalue weighted by Gasteiger charge is -2.08. The Morgan fingerprint density at radius 3 is 2.79 bits per heavy atom. The zero-order valence-corrected chi connectivity index (χ0v) is 13.2. The molecule has 1 amide bonds. The van der Waals surface area contributed by atoms with E-state index in [0.29, 0.717) is 16.8 Å². The summed E-state index contributed by atoms with van der Waals surface area (Å²) in [6.45, 7) is 3.21. The number of amides is 1. The van der Waals surface area contributed by atoms with Crippen LogP contribution in [0, 0.1) is 31.0 Å². The quantitative estimate of drug-likeness (QED) is 0.674. The molecule has 7 heteroatoms. The van der Waals surface area contributed by atoms with E-state index in [1.165, 1.54) is 30.5 Å². The molecule has 0 aliphatic carbocycles. The number of carbonyl (C=O) groups excluding carboxylic acids is 1. The predicted molar refractivity (Wildman–Crippen MR) is 86.1 cm³/mol. The van der Waals surface area contributed by atoms with Crippen LogP contribution in [0.1, 0.15) is 22.4 Å². The highest BCUT2D eigenvalue weighted by atomic mass is 19.1. The van der Waals surface area contributed by atoms with Gasteiger partial charge in [-0.15, -0.1) is 0 Å². The number of hydrazone groups is 1. The van der Waals surface area contributed by atoms with E-state index < -0.39 is 5.91 Å². The first kappa shape index (κ1) is 17.1. The van der Waals surface area contributed by atoms with Crippen molar-refractivity contribution >= 4 is 12.1 Å². The van der Waals surface area contributed by atoms with Crippen molar-refractivity contribution < 1.29 is 13.9 Å². The van der Waals surface area contributed by atoms with E-state index in [1.807, 2.05) is 6.07 Å². The molecule has 0 radical (unpaired) electrons. The molecule has 0 saturated heterocycles. The van der Waals surface area contributed by atoms with Crippen molar-refractivity contribution in [3.8, 4) is 11.9 Å². The van der Waals surface area contributed by atoms with E-state index in [-0.39, 0.29) is 18.3 Å². The van der Waals surface area contributed by atoms with E-state index in [0.717, 1.165) is 5.56 Å². The summed E-state index contributed by atoms with van der Waals surface area (Å²) in [5, 5.41) is 12.9. The number of hydrogen-bond acceptors (Lipinski definition) is 5. The van der Waals surface area contributed by atoms with Gasteiger partial charge in [0.15, 0.2) is 6.61 Å². The van der Waals surface area contributed by atoms with Gasteiger partial charge in [-0.05, 0) is 43.2 Å². The molecule has 0 atom stereocenters. The normalized spacial score (nSPS) is 10.4. The maximum absolute atomic E-state index is 12.8. The molecule has 1 aromatic carbocycles. The minimum Gasteiger partial charge on any atom is -0.467 e. The Hall–Kier alpha value is -3.27. The zero-order valence-electron chi connectivity index (χ0n) is 13.2. The standard InChI is InChI=1S/C17H15FN4O2/c1-11-7-12(2)21-17(15(11)8-19)24-10-16(23)22-20-9-13-3-5-14(18)6-4-13/h3-7,9H,10H2,1-2H3,(H,22,23)/b20-9+. The minimum absolute atomic E-state index is 0.118. The highest BCUT2D eigenvalue weighted by molar-refractivity contribution is 5.82. The fraction of sp³-hybridized carbons (Fsp3) is 0.176. The Kier molecular flexibility index (Phi) is 5.58. The summed E-state index contributed by atoms with van der Waals surface area (Å²) in [5.41, 5.74) is 4.64. The number of pyridine rings is 1. The van der Waals surface area contributed by atoms with Gasteiger partial charge < -0.3 is 4.74 Å². The lowest BCUT2D eigenvalue weighted by Crippen LogP contribution is -2.25. The molecular formula is C17H15FN4O2. The highest BCUT2D eigenvalue weighted by Gasteiger charge is 2.11.